The van der Waals surface area contributed by atoms with Gasteiger partial charge in [-0.15, -0.1) is 0 Å². The highest BCUT2D eigenvalue weighted by atomic mass is 19.4. The van der Waals surface area contributed by atoms with Crippen LogP contribution in [0.5, 0.6) is 0 Å². The Hall–Kier alpha value is -4.51. The van der Waals surface area contributed by atoms with E-state index in [2.05, 4.69) is 58.5 Å². The summed E-state index contributed by atoms with van der Waals surface area (Å²) in [6.45, 7) is 0. The minimum absolute atomic E-state index is 0.655. The zero-order chi connectivity index (χ0) is 24.7. The first-order chi connectivity index (χ1) is 17.5. The summed E-state index contributed by atoms with van der Waals surface area (Å²) >= 11 is 0. The number of para-hydroxylation sites is 1. The molecular formula is C31H19F3N2. The predicted octanol–water partition coefficient (Wildman–Crippen LogP) is 8.80. The number of hydrogen-bond donors (Lipinski definition) is 0. The molecule has 0 amide bonds. The first-order valence-electron chi connectivity index (χ1n) is 11.5. The summed E-state index contributed by atoms with van der Waals surface area (Å²) in [4.78, 5) is 9.19. The lowest BCUT2D eigenvalue weighted by Crippen LogP contribution is -2.03. The molecule has 5 heteroatoms. The third-order valence-electron chi connectivity index (χ3n) is 6.39. The van der Waals surface area contributed by atoms with Gasteiger partial charge >= 0.3 is 6.18 Å². The van der Waals surface area contributed by atoms with Crippen molar-refractivity contribution in [3.05, 3.63) is 121 Å². The van der Waals surface area contributed by atoms with Crippen molar-refractivity contribution in [1.82, 2.24) is 9.97 Å². The van der Waals surface area contributed by atoms with Gasteiger partial charge in [-0.25, -0.2) is 0 Å². The molecule has 0 aliphatic heterocycles. The van der Waals surface area contributed by atoms with Crippen LogP contribution in [0.4, 0.5) is 13.2 Å². The van der Waals surface area contributed by atoms with Gasteiger partial charge in [0.2, 0.25) is 0 Å². The molecule has 0 fully saturated rings. The summed E-state index contributed by atoms with van der Waals surface area (Å²) in [6.07, 6.45) is -0.707. The molecule has 0 unspecified atom stereocenters. The lowest BCUT2D eigenvalue weighted by atomic mass is 9.98. The molecule has 0 saturated carbocycles. The van der Waals surface area contributed by atoms with Gasteiger partial charge in [0.1, 0.15) is 0 Å². The van der Waals surface area contributed by atoms with Gasteiger partial charge in [0.25, 0.3) is 0 Å². The van der Waals surface area contributed by atoms with Gasteiger partial charge in [-0.1, -0.05) is 72.8 Å². The summed E-state index contributed by atoms with van der Waals surface area (Å²) in [5.74, 6) is 0. The Balaban J connectivity index is 1.29. The van der Waals surface area contributed by atoms with E-state index in [1.165, 1.54) is 12.1 Å². The molecule has 36 heavy (non-hydrogen) atoms. The van der Waals surface area contributed by atoms with E-state index in [1.54, 1.807) is 0 Å². The smallest absolute Gasteiger partial charge is 0.256 e. The largest absolute Gasteiger partial charge is 0.416 e. The first-order valence-corrected chi connectivity index (χ1v) is 11.5. The number of rotatable bonds is 3. The van der Waals surface area contributed by atoms with Crippen molar-refractivity contribution in [2.45, 2.75) is 6.18 Å². The number of alkyl halides is 3. The van der Waals surface area contributed by atoms with Crippen molar-refractivity contribution < 1.29 is 13.2 Å². The van der Waals surface area contributed by atoms with Crippen molar-refractivity contribution in [2.24, 2.45) is 0 Å². The quantitative estimate of drug-likeness (QED) is 0.255. The van der Waals surface area contributed by atoms with E-state index in [4.69, 9.17) is 0 Å². The normalized spacial score (nSPS) is 11.8. The second-order valence-corrected chi connectivity index (χ2v) is 8.66. The van der Waals surface area contributed by atoms with E-state index >= 15 is 0 Å². The minimum atomic E-state index is -4.34. The van der Waals surface area contributed by atoms with Crippen molar-refractivity contribution in [3.63, 3.8) is 0 Å². The van der Waals surface area contributed by atoms with Crippen LogP contribution in [0.25, 0.3) is 55.2 Å². The van der Waals surface area contributed by atoms with Gasteiger partial charge < -0.3 is 0 Å². The average Bonchev–Trinajstić information content (AvgIpc) is 2.92. The molecule has 174 valence electrons. The number of nitrogens with zero attached hydrogens (tertiary/aromatic N) is 2. The molecule has 2 heterocycles. The van der Waals surface area contributed by atoms with Crippen LogP contribution in [-0.4, -0.2) is 9.97 Å². The van der Waals surface area contributed by atoms with Gasteiger partial charge in [0.15, 0.2) is 0 Å². The molecule has 0 N–H and O–H groups in total. The fourth-order valence-electron chi connectivity index (χ4n) is 4.49. The summed E-state index contributed by atoms with van der Waals surface area (Å²) < 4.78 is 38.6. The van der Waals surface area contributed by atoms with Crippen LogP contribution < -0.4 is 0 Å². The number of benzene rings is 4. The lowest BCUT2D eigenvalue weighted by molar-refractivity contribution is -0.137. The Morgan fingerprint density at radius 3 is 1.97 bits per heavy atom. The standard InChI is InChI=1S/C31H19F3N2/c32-31(33,34)27-14-12-20(13-15-27)24-10-11-25-17-26(19-36-29(25)18-24)21-6-8-22(9-7-21)28-5-1-3-23-4-2-16-35-30(23)28/h1-19H. The topological polar surface area (TPSA) is 25.8 Å². The van der Waals surface area contributed by atoms with Crippen molar-refractivity contribution in [3.8, 4) is 33.4 Å². The molecule has 0 atom stereocenters. The number of aromatic nitrogens is 2. The van der Waals surface area contributed by atoms with Crippen LogP contribution in [0, 0.1) is 0 Å². The fraction of sp³-hybridized carbons (Fsp3) is 0.0323. The molecular weight excluding hydrogens is 457 g/mol. The Morgan fingerprint density at radius 2 is 1.19 bits per heavy atom. The third kappa shape index (κ3) is 4.09. The zero-order valence-electron chi connectivity index (χ0n) is 19.0. The summed E-state index contributed by atoms with van der Waals surface area (Å²) in [5, 5.41) is 2.07. The SMILES string of the molecule is FC(F)(F)c1ccc(-c2ccc3cc(-c4ccc(-c5cccc6cccnc56)cc4)cnc3c2)cc1. The van der Waals surface area contributed by atoms with E-state index in [0.29, 0.717) is 5.56 Å². The maximum atomic E-state index is 12.9. The molecule has 0 aliphatic rings. The predicted molar refractivity (Wildman–Crippen MR) is 138 cm³/mol. The Kier molecular flexibility index (Phi) is 5.26. The minimum Gasteiger partial charge on any atom is -0.256 e. The maximum Gasteiger partial charge on any atom is 0.416 e. The van der Waals surface area contributed by atoms with Crippen molar-refractivity contribution in [1.29, 1.82) is 0 Å². The van der Waals surface area contributed by atoms with Crippen molar-refractivity contribution in [2.75, 3.05) is 0 Å². The molecule has 0 saturated heterocycles. The summed E-state index contributed by atoms with van der Waals surface area (Å²) in [6, 6.07) is 31.6. The number of pyridine rings is 2. The van der Waals surface area contributed by atoms with E-state index < -0.39 is 11.7 Å². The Bertz CT molecular complexity index is 1700. The molecule has 2 aromatic heterocycles. The Morgan fingerprint density at radius 1 is 0.528 bits per heavy atom. The van der Waals surface area contributed by atoms with Gasteiger partial charge in [-0.05, 0) is 52.6 Å². The van der Waals surface area contributed by atoms with Gasteiger partial charge in [0.05, 0.1) is 16.6 Å². The van der Waals surface area contributed by atoms with Crippen LogP contribution in [0.1, 0.15) is 5.56 Å². The number of fused-ring (bicyclic) bond motifs is 2. The molecule has 0 bridgehead atoms. The van der Waals surface area contributed by atoms with E-state index in [-0.39, 0.29) is 0 Å². The highest BCUT2D eigenvalue weighted by molar-refractivity contribution is 5.94. The molecule has 4 aromatic carbocycles. The van der Waals surface area contributed by atoms with E-state index in [1.807, 2.05) is 42.7 Å². The molecule has 6 aromatic rings. The molecule has 2 nitrogen and oxygen atoms in total. The monoisotopic (exact) mass is 476 g/mol. The number of hydrogen-bond acceptors (Lipinski definition) is 2. The first kappa shape index (κ1) is 22.0. The second kappa shape index (κ2) is 8.61. The third-order valence-corrected chi connectivity index (χ3v) is 6.39. The molecule has 0 radical (unpaired) electrons. The molecule has 0 spiro atoms. The highest BCUT2D eigenvalue weighted by Gasteiger charge is 2.29. The zero-order valence-corrected chi connectivity index (χ0v) is 19.0. The summed E-state index contributed by atoms with van der Waals surface area (Å²) in [7, 11) is 0. The number of halogens is 3. The van der Waals surface area contributed by atoms with Crippen LogP contribution in [0.2, 0.25) is 0 Å². The summed E-state index contributed by atoms with van der Waals surface area (Å²) in [5.41, 5.74) is 6.88. The second-order valence-electron chi connectivity index (χ2n) is 8.66. The molecule has 6 rings (SSSR count). The Labute approximate surface area is 205 Å². The van der Waals surface area contributed by atoms with Crippen LogP contribution in [-0.2, 0) is 6.18 Å². The van der Waals surface area contributed by atoms with E-state index in [9.17, 15) is 13.2 Å². The van der Waals surface area contributed by atoms with Gasteiger partial charge in [-0.2, -0.15) is 13.2 Å². The lowest BCUT2D eigenvalue weighted by Gasteiger charge is -2.10. The molecule has 0 aliphatic carbocycles. The van der Waals surface area contributed by atoms with Crippen LogP contribution >= 0.6 is 0 Å². The fourth-order valence-corrected chi connectivity index (χ4v) is 4.49. The highest BCUT2D eigenvalue weighted by Crippen LogP contribution is 2.33. The van der Waals surface area contributed by atoms with Gasteiger partial charge in [0, 0.05) is 34.3 Å². The average molecular weight is 477 g/mol. The van der Waals surface area contributed by atoms with Crippen LogP contribution in [0.3, 0.4) is 0 Å². The van der Waals surface area contributed by atoms with Gasteiger partial charge in [-0.3, -0.25) is 9.97 Å². The van der Waals surface area contributed by atoms with Crippen molar-refractivity contribution >= 4 is 21.8 Å². The maximum absolute atomic E-state index is 12.9. The van der Waals surface area contributed by atoms with Crippen LogP contribution in [0.15, 0.2) is 116 Å². The van der Waals surface area contributed by atoms with E-state index in [0.717, 1.165) is 61.8 Å².